The van der Waals surface area contributed by atoms with Gasteiger partial charge in [-0.15, -0.1) is 0 Å². The molecule has 0 aliphatic heterocycles. The van der Waals surface area contributed by atoms with E-state index in [1.807, 2.05) is 0 Å². The number of halogens is 4. The maximum atomic E-state index is 14.1. The number of alkyl halides is 3. The molecular formula is C15H14F4N2. The summed E-state index contributed by atoms with van der Waals surface area (Å²) in [5, 5.41) is 2.86. The van der Waals surface area contributed by atoms with Gasteiger partial charge in [0.1, 0.15) is 5.82 Å². The standard InChI is InChI=1S/C15H14F4N2/c1-20-13(9-10-5-7-21-8-6-10)11-3-2-4-12(14(11)16)15(17,18)19/h2-8,13,20H,9H2,1H3. The Morgan fingerprint density at radius 1 is 1.14 bits per heavy atom. The highest BCUT2D eigenvalue weighted by Crippen LogP contribution is 2.34. The van der Waals surface area contributed by atoms with E-state index in [2.05, 4.69) is 10.3 Å². The zero-order chi connectivity index (χ0) is 15.5. The number of hydrogen-bond acceptors (Lipinski definition) is 2. The SMILES string of the molecule is CNC(Cc1ccncc1)c1cccc(C(F)(F)F)c1F. The molecule has 0 saturated heterocycles. The van der Waals surface area contributed by atoms with Crippen molar-refractivity contribution in [3.63, 3.8) is 0 Å². The predicted molar refractivity (Wildman–Crippen MR) is 71.1 cm³/mol. The Morgan fingerprint density at radius 3 is 2.38 bits per heavy atom. The molecule has 0 aliphatic carbocycles. The quantitative estimate of drug-likeness (QED) is 0.870. The van der Waals surface area contributed by atoms with E-state index in [1.165, 1.54) is 12.1 Å². The summed E-state index contributed by atoms with van der Waals surface area (Å²) >= 11 is 0. The Balaban J connectivity index is 2.35. The Morgan fingerprint density at radius 2 is 1.81 bits per heavy atom. The molecule has 2 nitrogen and oxygen atoms in total. The molecular weight excluding hydrogens is 284 g/mol. The highest BCUT2D eigenvalue weighted by Gasteiger charge is 2.35. The van der Waals surface area contributed by atoms with Gasteiger partial charge in [-0.3, -0.25) is 4.98 Å². The normalized spacial score (nSPS) is 13.2. The third-order valence-electron chi connectivity index (χ3n) is 3.25. The number of nitrogens with zero attached hydrogens (tertiary/aromatic N) is 1. The highest BCUT2D eigenvalue weighted by atomic mass is 19.4. The van der Waals surface area contributed by atoms with Crippen LogP contribution in [0.4, 0.5) is 17.6 Å². The molecule has 1 heterocycles. The molecule has 0 fully saturated rings. The lowest BCUT2D eigenvalue weighted by Crippen LogP contribution is -2.22. The van der Waals surface area contributed by atoms with Crippen LogP contribution in [0, 0.1) is 5.82 Å². The summed E-state index contributed by atoms with van der Waals surface area (Å²) in [5.74, 6) is -1.22. The zero-order valence-electron chi connectivity index (χ0n) is 11.3. The number of likely N-dealkylation sites (N-methyl/N-ethyl adjacent to an activating group) is 1. The fraction of sp³-hybridized carbons (Fsp3) is 0.267. The Kier molecular flexibility index (Phi) is 4.57. The van der Waals surface area contributed by atoms with Crippen LogP contribution >= 0.6 is 0 Å². The van der Waals surface area contributed by atoms with E-state index in [9.17, 15) is 17.6 Å². The summed E-state index contributed by atoms with van der Waals surface area (Å²) in [7, 11) is 1.59. The lowest BCUT2D eigenvalue weighted by atomic mass is 9.97. The number of rotatable bonds is 4. The number of nitrogens with one attached hydrogen (secondary N) is 1. The highest BCUT2D eigenvalue weighted by molar-refractivity contribution is 5.31. The van der Waals surface area contributed by atoms with E-state index in [0.717, 1.165) is 11.6 Å². The van der Waals surface area contributed by atoms with E-state index in [1.54, 1.807) is 31.6 Å². The number of aromatic nitrogens is 1. The summed E-state index contributed by atoms with van der Waals surface area (Å²) in [6, 6.07) is 6.28. The second-order valence-electron chi connectivity index (χ2n) is 4.61. The van der Waals surface area contributed by atoms with Crippen molar-refractivity contribution in [2.24, 2.45) is 0 Å². The molecule has 0 aliphatic rings. The van der Waals surface area contributed by atoms with Crippen molar-refractivity contribution in [2.45, 2.75) is 18.6 Å². The first-order valence-corrected chi connectivity index (χ1v) is 6.35. The molecule has 0 radical (unpaired) electrons. The fourth-order valence-corrected chi connectivity index (χ4v) is 2.16. The lowest BCUT2D eigenvalue weighted by Gasteiger charge is -2.19. The first-order chi connectivity index (χ1) is 9.93. The molecule has 2 rings (SSSR count). The van der Waals surface area contributed by atoms with Gasteiger partial charge in [-0.2, -0.15) is 13.2 Å². The Labute approximate surface area is 119 Å². The maximum Gasteiger partial charge on any atom is 0.419 e. The van der Waals surface area contributed by atoms with Gasteiger partial charge < -0.3 is 5.32 Å². The molecule has 0 saturated carbocycles. The number of hydrogen-bond donors (Lipinski definition) is 1. The molecule has 1 atom stereocenters. The Hall–Kier alpha value is -1.95. The van der Waals surface area contributed by atoms with E-state index < -0.39 is 23.6 Å². The van der Waals surface area contributed by atoms with Crippen molar-refractivity contribution < 1.29 is 17.6 Å². The van der Waals surface area contributed by atoms with E-state index in [-0.39, 0.29) is 5.56 Å². The van der Waals surface area contributed by atoms with Crippen LogP contribution in [0.1, 0.15) is 22.7 Å². The predicted octanol–water partition coefficient (Wildman–Crippen LogP) is 3.74. The number of pyridine rings is 1. The molecule has 1 aromatic heterocycles. The number of benzene rings is 1. The van der Waals surface area contributed by atoms with Crippen molar-refractivity contribution in [1.29, 1.82) is 0 Å². The second-order valence-corrected chi connectivity index (χ2v) is 4.61. The minimum absolute atomic E-state index is 0.00383. The van der Waals surface area contributed by atoms with Crippen LogP contribution in [0.25, 0.3) is 0 Å². The summed E-state index contributed by atoms with van der Waals surface area (Å²) in [6.07, 6.45) is -1.15. The molecule has 0 amide bonds. The summed E-state index contributed by atoms with van der Waals surface area (Å²) < 4.78 is 52.4. The van der Waals surface area contributed by atoms with Crippen molar-refractivity contribution in [1.82, 2.24) is 10.3 Å². The summed E-state index contributed by atoms with van der Waals surface area (Å²) in [6.45, 7) is 0. The van der Waals surface area contributed by atoms with Gasteiger partial charge in [0, 0.05) is 24.0 Å². The van der Waals surface area contributed by atoms with Crippen LogP contribution in [0.3, 0.4) is 0 Å². The van der Waals surface area contributed by atoms with Crippen LogP contribution in [-0.2, 0) is 12.6 Å². The first-order valence-electron chi connectivity index (χ1n) is 6.35. The van der Waals surface area contributed by atoms with Crippen molar-refractivity contribution in [2.75, 3.05) is 7.05 Å². The molecule has 2 aromatic rings. The molecule has 0 spiro atoms. The van der Waals surface area contributed by atoms with Gasteiger partial charge in [0.2, 0.25) is 0 Å². The molecule has 6 heteroatoms. The summed E-state index contributed by atoms with van der Waals surface area (Å²) in [5.41, 5.74) is -0.375. The van der Waals surface area contributed by atoms with Crippen LogP contribution in [0.5, 0.6) is 0 Å². The third kappa shape index (κ3) is 3.58. The van der Waals surface area contributed by atoms with E-state index in [4.69, 9.17) is 0 Å². The van der Waals surface area contributed by atoms with Crippen LogP contribution in [-0.4, -0.2) is 12.0 Å². The minimum atomic E-state index is -4.70. The Bertz CT molecular complexity index is 596. The third-order valence-corrected chi connectivity index (χ3v) is 3.25. The van der Waals surface area contributed by atoms with Crippen molar-refractivity contribution >= 4 is 0 Å². The van der Waals surface area contributed by atoms with Crippen molar-refractivity contribution in [3.05, 3.63) is 65.2 Å². The molecule has 21 heavy (non-hydrogen) atoms. The second kappa shape index (κ2) is 6.22. The van der Waals surface area contributed by atoms with Gasteiger partial charge in [0.05, 0.1) is 5.56 Å². The monoisotopic (exact) mass is 298 g/mol. The van der Waals surface area contributed by atoms with Gasteiger partial charge >= 0.3 is 6.18 Å². The first kappa shape index (κ1) is 15.4. The molecule has 1 aromatic carbocycles. The summed E-state index contributed by atoms with van der Waals surface area (Å²) in [4.78, 5) is 3.87. The maximum absolute atomic E-state index is 14.1. The zero-order valence-corrected chi connectivity index (χ0v) is 11.3. The average molecular weight is 298 g/mol. The van der Waals surface area contributed by atoms with Gasteiger partial charge in [-0.05, 0) is 37.2 Å². The van der Waals surface area contributed by atoms with Gasteiger partial charge in [0.25, 0.3) is 0 Å². The molecule has 1 N–H and O–H groups in total. The van der Waals surface area contributed by atoms with E-state index >= 15 is 0 Å². The van der Waals surface area contributed by atoms with Gasteiger partial charge in [-0.1, -0.05) is 12.1 Å². The van der Waals surface area contributed by atoms with Gasteiger partial charge in [-0.25, -0.2) is 4.39 Å². The molecule has 112 valence electrons. The van der Waals surface area contributed by atoms with Crippen LogP contribution < -0.4 is 5.32 Å². The van der Waals surface area contributed by atoms with E-state index in [0.29, 0.717) is 6.42 Å². The minimum Gasteiger partial charge on any atom is -0.313 e. The molecule has 0 bridgehead atoms. The smallest absolute Gasteiger partial charge is 0.313 e. The van der Waals surface area contributed by atoms with Crippen LogP contribution in [0.2, 0.25) is 0 Å². The van der Waals surface area contributed by atoms with Gasteiger partial charge in [0.15, 0.2) is 0 Å². The largest absolute Gasteiger partial charge is 0.419 e. The lowest BCUT2D eigenvalue weighted by molar-refractivity contribution is -0.140. The average Bonchev–Trinajstić information content (AvgIpc) is 2.45. The van der Waals surface area contributed by atoms with Crippen LogP contribution in [0.15, 0.2) is 42.7 Å². The topological polar surface area (TPSA) is 24.9 Å². The molecule has 1 unspecified atom stereocenters. The fourth-order valence-electron chi connectivity index (χ4n) is 2.16. The van der Waals surface area contributed by atoms with Crippen molar-refractivity contribution in [3.8, 4) is 0 Å².